The van der Waals surface area contributed by atoms with Crippen molar-refractivity contribution in [3.63, 3.8) is 0 Å². The molecule has 0 radical (unpaired) electrons. The molecule has 3 N–H and O–H groups in total. The summed E-state index contributed by atoms with van der Waals surface area (Å²) in [6.45, 7) is 0. The summed E-state index contributed by atoms with van der Waals surface area (Å²) < 4.78 is 0. The fraction of sp³-hybridized carbons (Fsp3) is 0. The largest absolute Gasteiger partial charge is 0.508 e. The second kappa shape index (κ2) is 4.89. The topological polar surface area (TPSA) is 86.6 Å². The van der Waals surface area contributed by atoms with Gasteiger partial charge in [0, 0.05) is 5.56 Å². The van der Waals surface area contributed by atoms with E-state index < -0.39 is 11.9 Å². The van der Waals surface area contributed by atoms with Gasteiger partial charge >= 0.3 is 5.97 Å². The molecule has 0 saturated carbocycles. The summed E-state index contributed by atoms with van der Waals surface area (Å²) in [6, 6.07) is 8.85. The number of nitrogens with one attached hydrogen (secondary N) is 1. The van der Waals surface area contributed by atoms with Crippen molar-refractivity contribution in [1.82, 2.24) is 0 Å². The fourth-order valence-electron chi connectivity index (χ4n) is 1.35. The molecule has 0 saturated heterocycles. The Kier molecular flexibility index (Phi) is 3.29. The van der Waals surface area contributed by atoms with E-state index in [9.17, 15) is 14.7 Å². The van der Waals surface area contributed by atoms with Crippen molar-refractivity contribution in [3.05, 3.63) is 46.8 Å². The Bertz CT molecular complexity index is 606. The molecule has 0 aliphatic rings. The molecule has 2 aromatic rings. The Hall–Kier alpha value is -2.34. The third-order valence-electron chi connectivity index (χ3n) is 2.16. The maximum atomic E-state index is 11.8. The van der Waals surface area contributed by atoms with Crippen LogP contribution in [0.15, 0.2) is 36.4 Å². The van der Waals surface area contributed by atoms with Gasteiger partial charge in [0.2, 0.25) is 0 Å². The number of hydrogen-bond acceptors (Lipinski definition) is 4. The van der Waals surface area contributed by atoms with Gasteiger partial charge in [-0.15, -0.1) is 11.3 Å². The molecule has 0 fully saturated rings. The number of phenols is 1. The van der Waals surface area contributed by atoms with Crippen LogP contribution in [-0.2, 0) is 0 Å². The number of carbonyl (C=O) groups is 2. The number of anilines is 1. The van der Waals surface area contributed by atoms with Crippen molar-refractivity contribution in [2.45, 2.75) is 0 Å². The second-order valence-electron chi connectivity index (χ2n) is 3.47. The Morgan fingerprint density at radius 2 is 1.94 bits per heavy atom. The summed E-state index contributed by atoms with van der Waals surface area (Å²) in [5, 5.41) is 21.0. The van der Waals surface area contributed by atoms with Gasteiger partial charge in [0.1, 0.15) is 10.6 Å². The Morgan fingerprint density at radius 3 is 2.56 bits per heavy atom. The van der Waals surface area contributed by atoms with Crippen molar-refractivity contribution in [2.24, 2.45) is 0 Å². The van der Waals surface area contributed by atoms with E-state index in [1.807, 2.05) is 0 Å². The van der Waals surface area contributed by atoms with Crippen molar-refractivity contribution in [3.8, 4) is 5.75 Å². The molecule has 1 amide bonds. The standard InChI is InChI=1S/C12H9NO4S/c14-8-3-1-2-7(6-8)11(15)13-10-5-4-9(18-10)12(16)17/h1-6,14H,(H,13,15)(H,16,17). The number of phenolic OH excluding ortho intramolecular Hbond substituents is 1. The van der Waals surface area contributed by atoms with Crippen LogP contribution in [0.3, 0.4) is 0 Å². The summed E-state index contributed by atoms with van der Waals surface area (Å²) in [5.74, 6) is -1.43. The molecule has 1 aromatic carbocycles. The number of aromatic hydroxyl groups is 1. The number of hydrogen-bond donors (Lipinski definition) is 3. The molecule has 2 rings (SSSR count). The molecule has 5 nitrogen and oxygen atoms in total. The SMILES string of the molecule is O=C(Nc1ccc(C(=O)O)s1)c1cccc(O)c1. The fourth-order valence-corrected chi connectivity index (χ4v) is 2.09. The van der Waals surface area contributed by atoms with Gasteiger partial charge in [-0.1, -0.05) is 6.07 Å². The van der Waals surface area contributed by atoms with Crippen LogP contribution < -0.4 is 5.32 Å². The lowest BCUT2D eigenvalue weighted by molar-refractivity contribution is 0.0702. The van der Waals surface area contributed by atoms with E-state index in [4.69, 9.17) is 5.11 Å². The van der Waals surface area contributed by atoms with Crippen LogP contribution in [0.5, 0.6) is 5.75 Å². The highest BCUT2D eigenvalue weighted by molar-refractivity contribution is 7.18. The first-order valence-corrected chi connectivity index (χ1v) is 5.81. The summed E-state index contributed by atoms with van der Waals surface area (Å²) >= 11 is 0.974. The van der Waals surface area contributed by atoms with Crippen molar-refractivity contribution >= 4 is 28.2 Å². The molecule has 18 heavy (non-hydrogen) atoms. The van der Waals surface area contributed by atoms with Crippen molar-refractivity contribution in [1.29, 1.82) is 0 Å². The average Bonchev–Trinajstić information content (AvgIpc) is 2.77. The number of carboxylic acid groups (broad SMARTS) is 1. The number of benzene rings is 1. The lowest BCUT2D eigenvalue weighted by Crippen LogP contribution is -2.10. The van der Waals surface area contributed by atoms with Crippen LogP contribution in [0.25, 0.3) is 0 Å². The third kappa shape index (κ3) is 2.67. The number of carboxylic acids is 1. The first-order valence-electron chi connectivity index (χ1n) is 5.00. The quantitative estimate of drug-likeness (QED) is 0.793. The zero-order valence-corrected chi connectivity index (χ0v) is 9.90. The van der Waals surface area contributed by atoms with Gasteiger partial charge in [0.15, 0.2) is 0 Å². The summed E-state index contributed by atoms with van der Waals surface area (Å²) in [5.41, 5.74) is 0.306. The van der Waals surface area contributed by atoms with E-state index >= 15 is 0 Å². The maximum Gasteiger partial charge on any atom is 0.345 e. The Balaban J connectivity index is 2.13. The van der Waals surface area contributed by atoms with Crippen LogP contribution in [0.1, 0.15) is 20.0 Å². The van der Waals surface area contributed by atoms with Gasteiger partial charge in [-0.05, 0) is 30.3 Å². The Morgan fingerprint density at radius 1 is 1.17 bits per heavy atom. The van der Waals surface area contributed by atoms with E-state index in [0.29, 0.717) is 10.6 Å². The molecular weight excluding hydrogens is 254 g/mol. The van der Waals surface area contributed by atoms with E-state index in [-0.39, 0.29) is 10.6 Å². The number of aromatic carboxylic acids is 1. The van der Waals surface area contributed by atoms with E-state index in [1.165, 1.54) is 24.3 Å². The lowest BCUT2D eigenvalue weighted by Gasteiger charge is -2.02. The van der Waals surface area contributed by atoms with Gasteiger partial charge < -0.3 is 15.5 Å². The van der Waals surface area contributed by atoms with E-state index in [1.54, 1.807) is 12.1 Å². The van der Waals surface area contributed by atoms with Crippen LogP contribution in [-0.4, -0.2) is 22.1 Å². The summed E-state index contributed by atoms with van der Waals surface area (Å²) in [4.78, 5) is 22.6. The Labute approximate surface area is 106 Å². The number of amides is 1. The van der Waals surface area contributed by atoms with Crippen LogP contribution >= 0.6 is 11.3 Å². The van der Waals surface area contributed by atoms with Gasteiger partial charge in [0.25, 0.3) is 5.91 Å². The highest BCUT2D eigenvalue weighted by Gasteiger charge is 2.10. The predicted octanol–water partition coefficient (Wildman–Crippen LogP) is 2.40. The molecule has 6 heteroatoms. The van der Waals surface area contributed by atoms with Gasteiger partial charge in [-0.3, -0.25) is 4.79 Å². The van der Waals surface area contributed by atoms with Crippen LogP contribution in [0.2, 0.25) is 0 Å². The first kappa shape index (κ1) is 12.1. The molecule has 0 bridgehead atoms. The van der Waals surface area contributed by atoms with Crippen LogP contribution in [0.4, 0.5) is 5.00 Å². The minimum atomic E-state index is -1.03. The molecule has 0 aliphatic carbocycles. The summed E-state index contributed by atoms with van der Waals surface area (Å²) in [6.07, 6.45) is 0. The normalized spacial score (nSPS) is 10.0. The first-order chi connectivity index (χ1) is 8.56. The highest BCUT2D eigenvalue weighted by Crippen LogP contribution is 2.22. The molecule has 0 spiro atoms. The smallest absolute Gasteiger partial charge is 0.345 e. The molecule has 0 atom stereocenters. The molecule has 1 heterocycles. The van der Waals surface area contributed by atoms with Crippen molar-refractivity contribution in [2.75, 3.05) is 5.32 Å². The number of rotatable bonds is 3. The van der Waals surface area contributed by atoms with Gasteiger partial charge in [-0.2, -0.15) is 0 Å². The average molecular weight is 263 g/mol. The van der Waals surface area contributed by atoms with E-state index in [0.717, 1.165) is 11.3 Å². The molecule has 0 aliphatic heterocycles. The third-order valence-corrected chi connectivity index (χ3v) is 3.15. The molecule has 1 aromatic heterocycles. The number of carbonyl (C=O) groups excluding carboxylic acids is 1. The molecular formula is C12H9NO4S. The monoisotopic (exact) mass is 263 g/mol. The highest BCUT2D eigenvalue weighted by atomic mass is 32.1. The van der Waals surface area contributed by atoms with Crippen molar-refractivity contribution < 1.29 is 19.8 Å². The number of thiophene rings is 1. The zero-order chi connectivity index (χ0) is 13.1. The predicted molar refractivity (Wildman–Crippen MR) is 67.3 cm³/mol. The van der Waals surface area contributed by atoms with E-state index in [2.05, 4.69) is 5.32 Å². The van der Waals surface area contributed by atoms with Gasteiger partial charge in [0.05, 0.1) is 5.00 Å². The van der Waals surface area contributed by atoms with Crippen LogP contribution in [0, 0.1) is 0 Å². The zero-order valence-electron chi connectivity index (χ0n) is 9.08. The molecule has 0 unspecified atom stereocenters. The lowest BCUT2D eigenvalue weighted by atomic mass is 10.2. The minimum absolute atomic E-state index is 0.0000505. The summed E-state index contributed by atoms with van der Waals surface area (Å²) in [7, 11) is 0. The minimum Gasteiger partial charge on any atom is -0.508 e. The van der Waals surface area contributed by atoms with Gasteiger partial charge in [-0.25, -0.2) is 4.79 Å². The maximum absolute atomic E-state index is 11.8. The second-order valence-corrected chi connectivity index (χ2v) is 4.56. The molecule has 92 valence electrons.